The lowest BCUT2D eigenvalue weighted by atomic mass is 9.91. The highest BCUT2D eigenvalue weighted by atomic mass is 32.2. The van der Waals surface area contributed by atoms with Gasteiger partial charge in [-0.1, -0.05) is 84.9 Å². The van der Waals surface area contributed by atoms with Crippen LogP contribution in [0.2, 0.25) is 0 Å². The standard InChI is InChI=1S/C31H35NO5S/c33-31(34)15-9-3-8-14-29-27(22-32-38(35,36)28-12-6-2-7-13-28)20-21-30(29)37-23-24-16-18-26(19-17-24)25-10-4-1-5-11-25/h1-8,10-13,16-19,27,29-30,32H,9,14-15,20-23H2,(H,33,34)/b8-3-/t27-,29-,30+/m1/s1. The summed E-state index contributed by atoms with van der Waals surface area (Å²) < 4.78 is 34.7. The van der Waals surface area contributed by atoms with E-state index in [1.165, 1.54) is 5.56 Å². The average Bonchev–Trinajstić information content (AvgIpc) is 3.33. The van der Waals surface area contributed by atoms with Crippen molar-refractivity contribution in [2.45, 2.75) is 49.7 Å². The monoisotopic (exact) mass is 533 g/mol. The molecule has 3 aromatic rings. The normalized spacial score (nSPS) is 19.6. The number of ether oxygens (including phenoxy) is 1. The molecule has 3 atom stereocenters. The quantitative estimate of drug-likeness (QED) is 0.261. The molecule has 200 valence electrons. The Morgan fingerprint density at radius 3 is 2.24 bits per heavy atom. The molecule has 4 rings (SSSR count). The molecular weight excluding hydrogens is 498 g/mol. The van der Waals surface area contributed by atoms with Gasteiger partial charge in [0.05, 0.1) is 17.6 Å². The Labute approximate surface area is 225 Å². The molecule has 38 heavy (non-hydrogen) atoms. The molecule has 1 aliphatic rings. The highest BCUT2D eigenvalue weighted by Gasteiger charge is 2.36. The first-order valence-electron chi connectivity index (χ1n) is 13.1. The van der Waals surface area contributed by atoms with E-state index in [-0.39, 0.29) is 29.3 Å². The minimum absolute atomic E-state index is 0.000784. The van der Waals surface area contributed by atoms with Crippen LogP contribution in [0.25, 0.3) is 11.1 Å². The molecule has 0 bridgehead atoms. The molecule has 0 radical (unpaired) electrons. The minimum atomic E-state index is -3.58. The van der Waals surface area contributed by atoms with Crippen molar-refractivity contribution in [2.24, 2.45) is 11.8 Å². The molecule has 2 N–H and O–H groups in total. The third-order valence-corrected chi connectivity index (χ3v) is 8.56. The van der Waals surface area contributed by atoms with Crippen molar-refractivity contribution in [3.63, 3.8) is 0 Å². The summed E-state index contributed by atoms with van der Waals surface area (Å²) in [6.07, 6.45) is 6.93. The van der Waals surface area contributed by atoms with E-state index in [9.17, 15) is 13.2 Å². The van der Waals surface area contributed by atoms with Crippen molar-refractivity contribution in [2.75, 3.05) is 6.54 Å². The fourth-order valence-corrected chi connectivity index (χ4v) is 6.14. The molecule has 7 heteroatoms. The van der Waals surface area contributed by atoms with Crippen molar-refractivity contribution in [3.05, 3.63) is 103 Å². The number of aliphatic carboxylic acids is 1. The van der Waals surface area contributed by atoms with Crippen LogP contribution >= 0.6 is 0 Å². The predicted molar refractivity (Wildman–Crippen MR) is 149 cm³/mol. The minimum Gasteiger partial charge on any atom is -0.481 e. The molecule has 1 fully saturated rings. The van der Waals surface area contributed by atoms with Gasteiger partial charge in [-0.25, -0.2) is 13.1 Å². The average molecular weight is 534 g/mol. The lowest BCUT2D eigenvalue weighted by Gasteiger charge is -2.24. The fourth-order valence-electron chi connectivity index (χ4n) is 5.02. The van der Waals surface area contributed by atoms with E-state index in [1.54, 1.807) is 30.3 Å². The van der Waals surface area contributed by atoms with Crippen molar-refractivity contribution >= 4 is 16.0 Å². The van der Waals surface area contributed by atoms with Crippen LogP contribution in [0.1, 0.15) is 37.7 Å². The summed E-state index contributed by atoms with van der Waals surface area (Å²) in [6, 6.07) is 27.0. The van der Waals surface area contributed by atoms with Gasteiger partial charge < -0.3 is 9.84 Å². The highest BCUT2D eigenvalue weighted by molar-refractivity contribution is 7.89. The third-order valence-electron chi connectivity index (χ3n) is 7.12. The summed E-state index contributed by atoms with van der Waals surface area (Å²) in [5.74, 6) is -0.551. The number of carbonyl (C=O) groups is 1. The summed E-state index contributed by atoms with van der Waals surface area (Å²) in [5, 5.41) is 8.89. The van der Waals surface area contributed by atoms with E-state index in [0.29, 0.717) is 19.6 Å². The summed E-state index contributed by atoms with van der Waals surface area (Å²) in [4.78, 5) is 11.1. The molecule has 1 aliphatic carbocycles. The number of carboxylic acid groups (broad SMARTS) is 1. The van der Waals surface area contributed by atoms with Crippen LogP contribution in [-0.2, 0) is 26.2 Å². The molecule has 3 aromatic carbocycles. The highest BCUT2D eigenvalue weighted by Crippen LogP contribution is 2.37. The van der Waals surface area contributed by atoms with Gasteiger partial charge in [-0.3, -0.25) is 4.79 Å². The number of benzene rings is 3. The molecule has 6 nitrogen and oxygen atoms in total. The molecule has 0 aromatic heterocycles. The maximum atomic E-state index is 12.8. The second-order valence-corrected chi connectivity index (χ2v) is 11.5. The van der Waals surface area contributed by atoms with Crippen LogP contribution in [-0.4, -0.2) is 32.1 Å². The second kappa shape index (κ2) is 13.5. The Bertz CT molecular complexity index is 1290. The number of allylic oxidation sites excluding steroid dienone is 2. The Hall–Kier alpha value is -3.26. The topological polar surface area (TPSA) is 92.7 Å². The molecule has 1 saturated carbocycles. The zero-order valence-corrected chi connectivity index (χ0v) is 22.2. The summed E-state index contributed by atoms with van der Waals surface area (Å²) in [6.45, 7) is 0.831. The van der Waals surface area contributed by atoms with E-state index in [2.05, 4.69) is 41.1 Å². The lowest BCUT2D eigenvalue weighted by molar-refractivity contribution is -0.136. The molecule has 0 spiro atoms. The number of carboxylic acids is 1. The van der Waals surface area contributed by atoms with E-state index in [4.69, 9.17) is 9.84 Å². The predicted octanol–water partition coefficient (Wildman–Crippen LogP) is 6.05. The maximum absolute atomic E-state index is 12.8. The summed E-state index contributed by atoms with van der Waals surface area (Å²) >= 11 is 0. The SMILES string of the molecule is O=C(O)CC/C=C\C[C@@H]1[C@@H](CNS(=O)(=O)c2ccccc2)CC[C@@H]1OCc1ccc(-c2ccccc2)cc1. The van der Waals surface area contributed by atoms with Gasteiger partial charge in [-0.05, 0) is 66.3 Å². The number of nitrogens with one attached hydrogen (secondary N) is 1. The van der Waals surface area contributed by atoms with Gasteiger partial charge in [-0.2, -0.15) is 0 Å². The van der Waals surface area contributed by atoms with Gasteiger partial charge in [0.1, 0.15) is 0 Å². The zero-order valence-electron chi connectivity index (χ0n) is 21.4. The number of hydrogen-bond acceptors (Lipinski definition) is 4. The Morgan fingerprint density at radius 2 is 1.55 bits per heavy atom. The smallest absolute Gasteiger partial charge is 0.303 e. The lowest BCUT2D eigenvalue weighted by Crippen LogP contribution is -2.33. The van der Waals surface area contributed by atoms with E-state index in [0.717, 1.165) is 30.4 Å². The van der Waals surface area contributed by atoms with Gasteiger partial charge in [0, 0.05) is 13.0 Å². The van der Waals surface area contributed by atoms with E-state index >= 15 is 0 Å². The van der Waals surface area contributed by atoms with Gasteiger partial charge in [0.2, 0.25) is 10.0 Å². The van der Waals surface area contributed by atoms with Crippen LogP contribution in [0.3, 0.4) is 0 Å². The Kier molecular flexibility index (Phi) is 9.87. The summed E-state index contributed by atoms with van der Waals surface area (Å²) in [7, 11) is -3.58. The van der Waals surface area contributed by atoms with Gasteiger partial charge in [0.15, 0.2) is 0 Å². The first kappa shape index (κ1) is 27.8. The van der Waals surface area contributed by atoms with Crippen LogP contribution in [0, 0.1) is 11.8 Å². The number of sulfonamides is 1. The largest absolute Gasteiger partial charge is 0.481 e. The van der Waals surface area contributed by atoms with Crippen molar-refractivity contribution in [3.8, 4) is 11.1 Å². The molecule has 0 aliphatic heterocycles. The summed E-state index contributed by atoms with van der Waals surface area (Å²) in [5.41, 5.74) is 3.42. The molecular formula is C31H35NO5S. The Morgan fingerprint density at radius 1 is 0.895 bits per heavy atom. The van der Waals surface area contributed by atoms with Crippen LogP contribution in [0.4, 0.5) is 0 Å². The van der Waals surface area contributed by atoms with Crippen LogP contribution in [0.5, 0.6) is 0 Å². The fraction of sp³-hybridized carbons (Fsp3) is 0.323. The van der Waals surface area contributed by atoms with Crippen molar-refractivity contribution < 1.29 is 23.1 Å². The Balaban J connectivity index is 1.38. The first-order chi connectivity index (χ1) is 18.4. The van der Waals surface area contributed by atoms with Crippen LogP contribution < -0.4 is 4.72 Å². The van der Waals surface area contributed by atoms with Crippen molar-refractivity contribution in [1.82, 2.24) is 4.72 Å². The van der Waals surface area contributed by atoms with E-state index < -0.39 is 16.0 Å². The number of rotatable bonds is 13. The zero-order chi connectivity index (χ0) is 26.8. The third kappa shape index (κ3) is 7.87. The molecule has 0 amide bonds. The maximum Gasteiger partial charge on any atom is 0.303 e. The van der Waals surface area contributed by atoms with Gasteiger partial charge >= 0.3 is 5.97 Å². The molecule has 0 unspecified atom stereocenters. The van der Waals surface area contributed by atoms with Crippen LogP contribution in [0.15, 0.2) is 102 Å². The molecule has 0 heterocycles. The first-order valence-corrected chi connectivity index (χ1v) is 14.6. The van der Waals surface area contributed by atoms with Crippen molar-refractivity contribution in [1.29, 1.82) is 0 Å². The number of hydrogen-bond donors (Lipinski definition) is 2. The second-order valence-electron chi connectivity index (χ2n) is 9.72. The van der Waals surface area contributed by atoms with E-state index in [1.807, 2.05) is 30.4 Å². The van der Waals surface area contributed by atoms with Gasteiger partial charge in [0.25, 0.3) is 0 Å². The molecule has 0 saturated heterocycles. The van der Waals surface area contributed by atoms with Gasteiger partial charge in [-0.15, -0.1) is 0 Å².